The van der Waals surface area contributed by atoms with E-state index < -0.39 is 5.97 Å². The standard InChI is InChI=1S/C14H15NO2/c1-10(8-14(16)17)7-11-3-4-13-12(9-11)5-6-15(13)2/h3-6,8-9H,7H2,1-2H3,(H,16,17). The lowest BCUT2D eigenvalue weighted by molar-refractivity contribution is -0.131. The average molecular weight is 229 g/mol. The number of rotatable bonds is 3. The van der Waals surface area contributed by atoms with Gasteiger partial charge < -0.3 is 9.67 Å². The smallest absolute Gasteiger partial charge is 0.328 e. The van der Waals surface area contributed by atoms with E-state index in [1.54, 1.807) is 0 Å². The minimum absolute atomic E-state index is 0.678. The van der Waals surface area contributed by atoms with Gasteiger partial charge in [-0.05, 0) is 42.5 Å². The molecule has 1 N–H and O–H groups in total. The lowest BCUT2D eigenvalue weighted by Crippen LogP contribution is -1.93. The van der Waals surface area contributed by atoms with Gasteiger partial charge in [0, 0.05) is 24.8 Å². The molecule has 0 spiro atoms. The lowest BCUT2D eigenvalue weighted by atomic mass is 10.0. The first kappa shape index (κ1) is 11.5. The molecule has 0 radical (unpaired) electrons. The second kappa shape index (κ2) is 4.45. The Bertz CT molecular complexity index is 593. The Morgan fingerprint density at radius 2 is 2.18 bits per heavy atom. The van der Waals surface area contributed by atoms with Crippen molar-refractivity contribution in [3.8, 4) is 0 Å². The molecule has 0 saturated carbocycles. The number of hydrogen-bond donors (Lipinski definition) is 1. The summed E-state index contributed by atoms with van der Waals surface area (Å²) in [6.45, 7) is 1.84. The minimum Gasteiger partial charge on any atom is -0.478 e. The molecule has 0 atom stereocenters. The summed E-state index contributed by atoms with van der Waals surface area (Å²) in [7, 11) is 2.01. The molecule has 3 heteroatoms. The zero-order valence-corrected chi connectivity index (χ0v) is 9.97. The number of aliphatic carboxylic acids is 1. The van der Waals surface area contributed by atoms with Crippen LogP contribution in [0.1, 0.15) is 12.5 Å². The number of carbonyl (C=O) groups is 1. The predicted molar refractivity (Wildman–Crippen MR) is 68.0 cm³/mol. The normalized spacial score (nSPS) is 12.0. The van der Waals surface area contributed by atoms with Gasteiger partial charge in [0.15, 0.2) is 0 Å². The Morgan fingerprint density at radius 3 is 2.88 bits per heavy atom. The van der Waals surface area contributed by atoms with Gasteiger partial charge in [0.1, 0.15) is 0 Å². The number of benzene rings is 1. The third kappa shape index (κ3) is 2.56. The van der Waals surface area contributed by atoms with Crippen LogP contribution < -0.4 is 0 Å². The highest BCUT2D eigenvalue weighted by atomic mass is 16.4. The molecule has 0 aliphatic rings. The van der Waals surface area contributed by atoms with Crippen LogP contribution in [-0.2, 0) is 18.3 Å². The molecule has 0 fully saturated rings. The second-order valence-electron chi connectivity index (χ2n) is 4.33. The summed E-state index contributed by atoms with van der Waals surface area (Å²) in [5, 5.41) is 9.85. The summed E-state index contributed by atoms with van der Waals surface area (Å²) in [5.74, 6) is -0.886. The molecule has 0 bridgehead atoms. The van der Waals surface area contributed by atoms with E-state index in [1.165, 1.54) is 17.0 Å². The van der Waals surface area contributed by atoms with Gasteiger partial charge in [-0.15, -0.1) is 0 Å². The molecule has 2 aromatic rings. The first-order valence-corrected chi connectivity index (χ1v) is 5.50. The van der Waals surface area contributed by atoms with Crippen molar-refractivity contribution in [2.45, 2.75) is 13.3 Å². The molecule has 0 aliphatic heterocycles. The van der Waals surface area contributed by atoms with Crippen LogP contribution in [0.4, 0.5) is 0 Å². The van der Waals surface area contributed by atoms with E-state index in [1.807, 2.05) is 26.2 Å². The maximum atomic E-state index is 10.5. The number of aryl methyl sites for hydroxylation is 1. The quantitative estimate of drug-likeness (QED) is 0.822. The van der Waals surface area contributed by atoms with Crippen molar-refractivity contribution in [1.82, 2.24) is 4.57 Å². The van der Waals surface area contributed by atoms with Gasteiger partial charge in [-0.25, -0.2) is 4.79 Å². The summed E-state index contributed by atoms with van der Waals surface area (Å²) < 4.78 is 2.07. The van der Waals surface area contributed by atoms with Gasteiger partial charge in [-0.1, -0.05) is 11.6 Å². The topological polar surface area (TPSA) is 42.2 Å². The Labute approximate surface area is 100.0 Å². The van der Waals surface area contributed by atoms with E-state index in [9.17, 15) is 4.79 Å². The first-order valence-electron chi connectivity index (χ1n) is 5.50. The minimum atomic E-state index is -0.886. The molecule has 88 valence electrons. The van der Waals surface area contributed by atoms with Crippen molar-refractivity contribution >= 4 is 16.9 Å². The number of carboxylic acids is 1. The van der Waals surface area contributed by atoms with Crippen molar-refractivity contribution in [2.24, 2.45) is 7.05 Å². The molecule has 0 amide bonds. The average Bonchev–Trinajstić information content (AvgIpc) is 2.58. The zero-order chi connectivity index (χ0) is 12.4. The fourth-order valence-corrected chi connectivity index (χ4v) is 2.02. The summed E-state index contributed by atoms with van der Waals surface area (Å²) >= 11 is 0. The molecule has 3 nitrogen and oxygen atoms in total. The number of nitrogens with zero attached hydrogens (tertiary/aromatic N) is 1. The van der Waals surface area contributed by atoms with Crippen molar-refractivity contribution in [3.05, 3.63) is 47.7 Å². The third-order valence-corrected chi connectivity index (χ3v) is 2.80. The predicted octanol–water partition coefficient (Wildman–Crippen LogP) is 2.75. The van der Waals surface area contributed by atoms with Crippen LogP contribution in [0.15, 0.2) is 42.1 Å². The Hall–Kier alpha value is -2.03. The third-order valence-electron chi connectivity index (χ3n) is 2.80. The molecule has 0 unspecified atom stereocenters. The van der Waals surface area contributed by atoms with Crippen molar-refractivity contribution < 1.29 is 9.90 Å². The molecule has 1 aromatic carbocycles. The van der Waals surface area contributed by atoms with Crippen molar-refractivity contribution in [2.75, 3.05) is 0 Å². The largest absolute Gasteiger partial charge is 0.478 e. The number of hydrogen-bond acceptors (Lipinski definition) is 1. The maximum Gasteiger partial charge on any atom is 0.328 e. The monoisotopic (exact) mass is 229 g/mol. The maximum absolute atomic E-state index is 10.5. The van der Waals surface area contributed by atoms with Crippen LogP contribution in [-0.4, -0.2) is 15.6 Å². The fourth-order valence-electron chi connectivity index (χ4n) is 2.02. The van der Waals surface area contributed by atoms with Crippen molar-refractivity contribution in [1.29, 1.82) is 0 Å². The molecule has 0 saturated heterocycles. The SMILES string of the molecule is CC(=CC(=O)O)Cc1ccc2c(ccn2C)c1. The van der Waals surface area contributed by atoms with Gasteiger partial charge in [0.2, 0.25) is 0 Å². The first-order chi connectivity index (χ1) is 8.06. The van der Waals surface area contributed by atoms with E-state index >= 15 is 0 Å². The van der Waals surface area contributed by atoms with Gasteiger partial charge in [-0.3, -0.25) is 0 Å². The van der Waals surface area contributed by atoms with Crippen LogP contribution in [0.5, 0.6) is 0 Å². The van der Waals surface area contributed by atoms with E-state index in [-0.39, 0.29) is 0 Å². The van der Waals surface area contributed by atoms with Gasteiger partial charge in [-0.2, -0.15) is 0 Å². The Morgan fingerprint density at radius 1 is 1.41 bits per heavy atom. The second-order valence-corrected chi connectivity index (χ2v) is 4.33. The van der Waals surface area contributed by atoms with E-state index in [0.717, 1.165) is 11.1 Å². The van der Waals surface area contributed by atoms with E-state index in [2.05, 4.69) is 22.8 Å². The Kier molecular flexibility index (Phi) is 3.00. The Balaban J connectivity index is 2.28. The number of allylic oxidation sites excluding steroid dienone is 1. The number of fused-ring (bicyclic) bond motifs is 1. The molecular weight excluding hydrogens is 214 g/mol. The molecular formula is C14H15NO2. The number of aromatic nitrogens is 1. The molecule has 0 aliphatic carbocycles. The molecule has 17 heavy (non-hydrogen) atoms. The zero-order valence-electron chi connectivity index (χ0n) is 9.97. The highest BCUT2D eigenvalue weighted by Gasteiger charge is 2.01. The van der Waals surface area contributed by atoms with Crippen LogP contribution in [0, 0.1) is 0 Å². The highest BCUT2D eigenvalue weighted by Crippen LogP contribution is 2.18. The highest BCUT2D eigenvalue weighted by molar-refractivity contribution is 5.82. The molecule has 1 aromatic heterocycles. The summed E-state index contributed by atoms with van der Waals surface area (Å²) in [4.78, 5) is 10.5. The fraction of sp³-hybridized carbons (Fsp3) is 0.214. The summed E-state index contributed by atoms with van der Waals surface area (Å²) in [6.07, 6.45) is 3.96. The van der Waals surface area contributed by atoms with Gasteiger partial charge in [0.25, 0.3) is 0 Å². The molecule has 1 heterocycles. The van der Waals surface area contributed by atoms with E-state index in [4.69, 9.17) is 5.11 Å². The van der Waals surface area contributed by atoms with Crippen molar-refractivity contribution in [3.63, 3.8) is 0 Å². The lowest BCUT2D eigenvalue weighted by Gasteiger charge is -2.02. The van der Waals surface area contributed by atoms with Gasteiger partial charge in [0.05, 0.1) is 0 Å². The molecule has 2 rings (SSSR count). The number of carboxylic acid groups (broad SMARTS) is 1. The summed E-state index contributed by atoms with van der Waals surface area (Å²) in [5.41, 5.74) is 3.18. The van der Waals surface area contributed by atoms with Gasteiger partial charge >= 0.3 is 5.97 Å². The van der Waals surface area contributed by atoms with Crippen LogP contribution in [0.3, 0.4) is 0 Å². The summed E-state index contributed by atoms with van der Waals surface area (Å²) in [6, 6.07) is 8.28. The van der Waals surface area contributed by atoms with Crippen LogP contribution in [0.2, 0.25) is 0 Å². The van der Waals surface area contributed by atoms with Crippen LogP contribution in [0.25, 0.3) is 10.9 Å². The van der Waals surface area contributed by atoms with E-state index in [0.29, 0.717) is 6.42 Å². The van der Waals surface area contributed by atoms with Crippen LogP contribution >= 0.6 is 0 Å².